The average Bonchev–Trinajstić information content (AvgIpc) is 2.74. The summed E-state index contributed by atoms with van der Waals surface area (Å²) in [6.45, 7) is 2.88. The van der Waals surface area contributed by atoms with Crippen molar-refractivity contribution in [3.8, 4) is 0 Å². The summed E-state index contributed by atoms with van der Waals surface area (Å²) in [5.41, 5.74) is 6.66. The zero-order valence-electron chi connectivity index (χ0n) is 9.90. The van der Waals surface area contributed by atoms with Crippen molar-refractivity contribution in [2.24, 2.45) is 0 Å². The first-order valence-corrected chi connectivity index (χ1v) is 6.71. The summed E-state index contributed by atoms with van der Waals surface area (Å²) in [5, 5.41) is 2.94. The molecule has 1 saturated heterocycles. The zero-order valence-corrected chi connectivity index (χ0v) is 10.7. The van der Waals surface area contributed by atoms with E-state index in [1.54, 1.807) is 12.3 Å². The fourth-order valence-corrected chi connectivity index (χ4v) is 3.18. The minimum Gasteiger partial charge on any atom is -0.398 e. The van der Waals surface area contributed by atoms with Crippen LogP contribution in [0.25, 0.3) is 0 Å². The number of hydrogen-bond donors (Lipinski definition) is 2. The molecular formula is C12H17N3OS. The molecule has 2 heterocycles. The third-order valence-corrected chi connectivity index (χ3v) is 4.56. The van der Waals surface area contributed by atoms with Gasteiger partial charge in [-0.1, -0.05) is 0 Å². The zero-order chi connectivity index (χ0) is 12.3. The molecule has 1 aliphatic heterocycles. The lowest BCUT2D eigenvalue weighted by molar-refractivity contribution is 0.0950. The topological polar surface area (TPSA) is 68.0 Å². The van der Waals surface area contributed by atoms with Crippen molar-refractivity contribution >= 4 is 23.4 Å². The average molecular weight is 251 g/mol. The molecule has 1 unspecified atom stereocenters. The highest BCUT2D eigenvalue weighted by molar-refractivity contribution is 8.00. The summed E-state index contributed by atoms with van der Waals surface area (Å²) in [7, 11) is 0. The van der Waals surface area contributed by atoms with Gasteiger partial charge in [-0.3, -0.25) is 9.78 Å². The molecule has 5 heteroatoms. The Morgan fingerprint density at radius 3 is 3.18 bits per heavy atom. The van der Waals surface area contributed by atoms with Crippen LogP contribution in [0.2, 0.25) is 0 Å². The predicted octanol–water partition coefficient (Wildman–Crippen LogP) is 1.68. The fourth-order valence-electron chi connectivity index (χ4n) is 1.93. The molecule has 0 aliphatic carbocycles. The van der Waals surface area contributed by atoms with Crippen molar-refractivity contribution in [3.63, 3.8) is 0 Å². The number of pyridine rings is 1. The smallest absolute Gasteiger partial charge is 0.254 e. The first-order valence-electron chi connectivity index (χ1n) is 5.72. The molecule has 0 aromatic carbocycles. The van der Waals surface area contributed by atoms with E-state index in [1.807, 2.05) is 11.8 Å². The van der Waals surface area contributed by atoms with E-state index in [1.165, 1.54) is 18.4 Å². The quantitative estimate of drug-likeness (QED) is 0.857. The van der Waals surface area contributed by atoms with E-state index in [4.69, 9.17) is 5.73 Å². The maximum absolute atomic E-state index is 11.9. The van der Waals surface area contributed by atoms with Crippen LogP contribution >= 0.6 is 11.8 Å². The van der Waals surface area contributed by atoms with Gasteiger partial charge in [0.05, 0.1) is 5.56 Å². The molecule has 1 aromatic rings. The number of carbonyl (C=O) groups is 1. The number of hydrogen-bond acceptors (Lipinski definition) is 4. The molecule has 1 aromatic heterocycles. The standard InChI is InChI=1S/C12H17N3OS/c1-12(4-2-6-17-12)8-15-11(16)9-7-14-5-3-10(9)13/h3,5,7H,2,4,6,8H2,1H3,(H2,13,14)(H,15,16). The monoisotopic (exact) mass is 251 g/mol. The van der Waals surface area contributed by atoms with Gasteiger partial charge in [0.1, 0.15) is 0 Å². The third-order valence-electron chi connectivity index (χ3n) is 3.02. The highest BCUT2D eigenvalue weighted by atomic mass is 32.2. The van der Waals surface area contributed by atoms with Gasteiger partial charge in [-0.2, -0.15) is 11.8 Å². The highest BCUT2D eigenvalue weighted by Crippen LogP contribution is 2.36. The van der Waals surface area contributed by atoms with Gasteiger partial charge in [0.25, 0.3) is 5.91 Å². The Balaban J connectivity index is 1.96. The first kappa shape index (κ1) is 12.2. The second-order valence-electron chi connectivity index (χ2n) is 4.55. The van der Waals surface area contributed by atoms with Gasteiger partial charge in [0.2, 0.25) is 0 Å². The van der Waals surface area contributed by atoms with Gasteiger partial charge >= 0.3 is 0 Å². The van der Waals surface area contributed by atoms with E-state index in [2.05, 4.69) is 17.2 Å². The normalized spacial score (nSPS) is 23.6. The second-order valence-corrected chi connectivity index (χ2v) is 6.23. The van der Waals surface area contributed by atoms with Gasteiger partial charge in [0.15, 0.2) is 0 Å². The molecule has 1 aliphatic rings. The minimum absolute atomic E-state index is 0.135. The van der Waals surface area contributed by atoms with E-state index in [9.17, 15) is 4.79 Å². The summed E-state index contributed by atoms with van der Waals surface area (Å²) < 4.78 is 0.173. The molecule has 3 N–H and O–H groups in total. The van der Waals surface area contributed by atoms with Crippen LogP contribution in [0.3, 0.4) is 0 Å². The lowest BCUT2D eigenvalue weighted by Crippen LogP contribution is -2.37. The Morgan fingerprint density at radius 1 is 1.71 bits per heavy atom. The number of thioether (sulfide) groups is 1. The third kappa shape index (κ3) is 2.91. The van der Waals surface area contributed by atoms with Gasteiger partial charge in [-0.25, -0.2) is 0 Å². The van der Waals surface area contributed by atoms with Gasteiger partial charge in [-0.15, -0.1) is 0 Å². The van der Waals surface area contributed by atoms with Crippen molar-refractivity contribution in [1.29, 1.82) is 0 Å². The van der Waals surface area contributed by atoms with Gasteiger partial charge in [0, 0.05) is 29.4 Å². The second kappa shape index (κ2) is 4.96. The highest BCUT2D eigenvalue weighted by Gasteiger charge is 2.29. The summed E-state index contributed by atoms with van der Waals surface area (Å²) in [6.07, 6.45) is 5.47. The molecule has 0 bridgehead atoms. The minimum atomic E-state index is -0.135. The van der Waals surface area contributed by atoms with Crippen LogP contribution in [-0.2, 0) is 0 Å². The maximum atomic E-state index is 11.9. The molecule has 1 atom stereocenters. The summed E-state index contributed by atoms with van der Waals surface area (Å²) in [6, 6.07) is 1.64. The number of amides is 1. The van der Waals surface area contributed by atoms with Crippen molar-refractivity contribution in [1.82, 2.24) is 10.3 Å². The van der Waals surface area contributed by atoms with Crippen LogP contribution in [0.1, 0.15) is 30.1 Å². The molecule has 0 saturated carbocycles. The summed E-state index contributed by atoms with van der Waals surface area (Å²) in [4.78, 5) is 15.8. The van der Waals surface area contributed by atoms with E-state index < -0.39 is 0 Å². The van der Waals surface area contributed by atoms with Crippen molar-refractivity contribution in [2.75, 3.05) is 18.0 Å². The van der Waals surface area contributed by atoms with Crippen LogP contribution in [0.5, 0.6) is 0 Å². The van der Waals surface area contributed by atoms with Crippen molar-refractivity contribution < 1.29 is 4.79 Å². The van der Waals surface area contributed by atoms with Crippen LogP contribution in [0.15, 0.2) is 18.5 Å². The molecule has 17 heavy (non-hydrogen) atoms. The predicted molar refractivity (Wildman–Crippen MR) is 71.1 cm³/mol. The largest absolute Gasteiger partial charge is 0.398 e. The molecule has 0 spiro atoms. The Kier molecular flexibility index (Phi) is 3.57. The van der Waals surface area contributed by atoms with E-state index in [0.29, 0.717) is 17.8 Å². The molecule has 1 fully saturated rings. The molecule has 92 valence electrons. The van der Waals surface area contributed by atoms with E-state index in [-0.39, 0.29) is 10.7 Å². The number of anilines is 1. The van der Waals surface area contributed by atoms with Crippen molar-refractivity contribution in [3.05, 3.63) is 24.0 Å². The first-order chi connectivity index (χ1) is 8.11. The van der Waals surface area contributed by atoms with Crippen LogP contribution in [-0.4, -0.2) is 27.9 Å². The summed E-state index contributed by atoms with van der Waals surface area (Å²) in [5.74, 6) is 1.05. The Bertz CT molecular complexity index is 416. The molecule has 2 rings (SSSR count). The number of rotatable bonds is 3. The van der Waals surface area contributed by atoms with Crippen molar-refractivity contribution in [2.45, 2.75) is 24.5 Å². The lowest BCUT2D eigenvalue weighted by atomic mass is 10.1. The SMILES string of the molecule is CC1(CNC(=O)c2cnccc2N)CCCS1. The maximum Gasteiger partial charge on any atom is 0.254 e. The number of nitrogen functional groups attached to an aromatic ring is 1. The Labute approximate surface area is 105 Å². The van der Waals surface area contributed by atoms with Gasteiger partial charge in [-0.05, 0) is 31.6 Å². The fraction of sp³-hybridized carbons (Fsp3) is 0.500. The number of nitrogens with one attached hydrogen (secondary N) is 1. The van der Waals surface area contributed by atoms with Crippen LogP contribution < -0.4 is 11.1 Å². The van der Waals surface area contributed by atoms with E-state index >= 15 is 0 Å². The Morgan fingerprint density at radius 2 is 2.53 bits per heavy atom. The molecular weight excluding hydrogens is 234 g/mol. The number of nitrogens with zero attached hydrogens (tertiary/aromatic N) is 1. The number of nitrogens with two attached hydrogens (primary N) is 1. The molecule has 1 amide bonds. The molecule has 0 radical (unpaired) electrons. The van der Waals surface area contributed by atoms with Crippen LogP contribution in [0, 0.1) is 0 Å². The summed E-state index contributed by atoms with van der Waals surface area (Å²) >= 11 is 1.92. The van der Waals surface area contributed by atoms with Gasteiger partial charge < -0.3 is 11.1 Å². The Hall–Kier alpha value is -1.23. The number of aromatic nitrogens is 1. The molecule has 4 nitrogen and oxygen atoms in total. The van der Waals surface area contributed by atoms with E-state index in [0.717, 1.165) is 6.42 Å². The number of carbonyl (C=O) groups excluding carboxylic acids is 1. The lowest BCUT2D eigenvalue weighted by Gasteiger charge is -2.22. The van der Waals surface area contributed by atoms with Crippen LogP contribution in [0.4, 0.5) is 5.69 Å².